The van der Waals surface area contributed by atoms with Gasteiger partial charge in [-0.1, -0.05) is 39.3 Å². The van der Waals surface area contributed by atoms with Gasteiger partial charge >= 0.3 is 11.9 Å². The topological polar surface area (TPSA) is 63.6 Å². The monoisotopic (exact) mass is 334 g/mol. The van der Waals surface area contributed by atoms with Crippen LogP contribution >= 0.6 is 0 Å². The Labute approximate surface area is 144 Å². The maximum absolute atomic E-state index is 12.9. The highest BCUT2D eigenvalue weighted by Gasteiger charge is 2.50. The molecule has 24 heavy (non-hydrogen) atoms. The minimum Gasteiger partial charge on any atom is -0.481 e. The highest BCUT2D eigenvalue weighted by atomic mass is 16.5. The summed E-state index contributed by atoms with van der Waals surface area (Å²) < 4.78 is 5.97. The number of hydrogen-bond donors (Lipinski definition) is 1. The van der Waals surface area contributed by atoms with Crippen LogP contribution in [0.25, 0.3) is 0 Å². The van der Waals surface area contributed by atoms with Crippen LogP contribution in [-0.2, 0) is 14.3 Å². The zero-order valence-corrected chi connectivity index (χ0v) is 15.0. The Morgan fingerprint density at radius 3 is 2.21 bits per heavy atom. The van der Waals surface area contributed by atoms with E-state index in [1.807, 2.05) is 12.2 Å². The zero-order chi connectivity index (χ0) is 17.4. The van der Waals surface area contributed by atoms with Gasteiger partial charge in [-0.15, -0.1) is 0 Å². The average molecular weight is 334 g/mol. The third-order valence-corrected chi connectivity index (χ3v) is 6.53. The third-order valence-electron chi connectivity index (χ3n) is 6.53. The highest BCUT2D eigenvalue weighted by molar-refractivity contribution is 5.83. The first-order chi connectivity index (χ1) is 11.4. The smallest absolute Gasteiger partial charge is 0.310 e. The highest BCUT2D eigenvalue weighted by Crippen LogP contribution is 2.46. The van der Waals surface area contributed by atoms with Gasteiger partial charge in [0.25, 0.3) is 0 Å². The summed E-state index contributed by atoms with van der Waals surface area (Å²) >= 11 is 0. The van der Waals surface area contributed by atoms with Gasteiger partial charge in [-0.2, -0.15) is 0 Å². The summed E-state index contributed by atoms with van der Waals surface area (Å²) in [6.45, 7) is 6.59. The standard InChI is InChI=1S/C20H30O4/c1-11(2)15-9-4-12(3)10-16(15)24-20(23)18-14-7-5-13(6-8-14)17(18)19(21)22/h5,7,11-18H,4,6,8-10H2,1-3H3,(H,21,22)/t12-,13-,14+,15+,16-,17+,18+/m1/s1. The van der Waals surface area contributed by atoms with E-state index >= 15 is 0 Å². The van der Waals surface area contributed by atoms with E-state index in [2.05, 4.69) is 20.8 Å². The summed E-state index contributed by atoms with van der Waals surface area (Å²) in [4.78, 5) is 24.7. The minimum absolute atomic E-state index is 0.0174. The van der Waals surface area contributed by atoms with Crippen LogP contribution < -0.4 is 0 Å². The van der Waals surface area contributed by atoms with Gasteiger partial charge < -0.3 is 9.84 Å². The number of carboxylic acid groups (broad SMARTS) is 1. The van der Waals surface area contributed by atoms with E-state index in [0.29, 0.717) is 17.8 Å². The molecule has 0 aromatic carbocycles. The maximum atomic E-state index is 12.9. The van der Waals surface area contributed by atoms with Gasteiger partial charge in [0.2, 0.25) is 0 Å². The Kier molecular flexibility index (Phi) is 5.03. The Morgan fingerprint density at radius 2 is 1.67 bits per heavy atom. The Balaban J connectivity index is 1.75. The second-order valence-electron chi connectivity index (χ2n) is 8.48. The Bertz CT molecular complexity index is 524. The summed E-state index contributed by atoms with van der Waals surface area (Å²) in [6, 6.07) is 0. The van der Waals surface area contributed by atoms with Crippen molar-refractivity contribution in [3.8, 4) is 0 Å². The lowest BCUT2D eigenvalue weighted by Crippen LogP contribution is -2.47. The molecule has 4 aliphatic carbocycles. The van der Waals surface area contributed by atoms with Crippen molar-refractivity contribution in [3.05, 3.63) is 12.2 Å². The number of allylic oxidation sites excluding steroid dienone is 2. The van der Waals surface area contributed by atoms with Crippen molar-refractivity contribution in [1.29, 1.82) is 0 Å². The molecule has 0 radical (unpaired) electrons. The van der Waals surface area contributed by atoms with Crippen LogP contribution in [0.2, 0.25) is 0 Å². The van der Waals surface area contributed by atoms with Crippen molar-refractivity contribution in [2.75, 3.05) is 0 Å². The van der Waals surface area contributed by atoms with E-state index in [4.69, 9.17) is 4.74 Å². The van der Waals surface area contributed by atoms with Crippen LogP contribution in [0.3, 0.4) is 0 Å². The molecule has 0 unspecified atom stereocenters. The van der Waals surface area contributed by atoms with Gasteiger partial charge in [0.05, 0.1) is 11.8 Å². The van der Waals surface area contributed by atoms with E-state index in [-0.39, 0.29) is 23.9 Å². The van der Waals surface area contributed by atoms with Crippen molar-refractivity contribution in [2.45, 2.75) is 59.0 Å². The first-order valence-corrected chi connectivity index (χ1v) is 9.50. The molecule has 0 aromatic rings. The summed E-state index contributed by atoms with van der Waals surface area (Å²) in [5.74, 6) is -0.789. The summed E-state index contributed by atoms with van der Waals surface area (Å²) in [6.07, 6.45) is 8.94. The lowest BCUT2D eigenvalue weighted by Gasteiger charge is -2.43. The molecule has 0 heterocycles. The van der Waals surface area contributed by atoms with Gasteiger partial charge in [-0.3, -0.25) is 9.59 Å². The van der Waals surface area contributed by atoms with Crippen molar-refractivity contribution < 1.29 is 19.4 Å². The largest absolute Gasteiger partial charge is 0.481 e. The van der Waals surface area contributed by atoms with E-state index < -0.39 is 17.8 Å². The molecule has 4 aliphatic rings. The molecule has 1 N–H and O–H groups in total. The van der Waals surface area contributed by atoms with Crippen molar-refractivity contribution in [2.24, 2.45) is 41.4 Å². The molecular formula is C20H30O4. The molecule has 2 fully saturated rings. The molecule has 0 saturated heterocycles. The van der Waals surface area contributed by atoms with Crippen molar-refractivity contribution in [3.63, 3.8) is 0 Å². The molecule has 0 amide bonds. The Morgan fingerprint density at radius 1 is 1.04 bits per heavy atom. The number of carbonyl (C=O) groups excluding carboxylic acids is 1. The fourth-order valence-corrected chi connectivity index (χ4v) is 5.13. The van der Waals surface area contributed by atoms with Crippen LogP contribution in [-0.4, -0.2) is 23.1 Å². The van der Waals surface area contributed by atoms with E-state index in [1.165, 1.54) is 6.42 Å². The fraction of sp³-hybridized carbons (Fsp3) is 0.800. The van der Waals surface area contributed by atoms with E-state index in [1.54, 1.807) is 0 Å². The molecule has 0 aliphatic heterocycles. The van der Waals surface area contributed by atoms with Crippen LogP contribution in [0, 0.1) is 41.4 Å². The number of carbonyl (C=O) groups is 2. The van der Waals surface area contributed by atoms with Gasteiger partial charge in [0.1, 0.15) is 6.10 Å². The number of aliphatic carboxylic acids is 1. The molecule has 4 nitrogen and oxygen atoms in total. The molecule has 2 saturated carbocycles. The second-order valence-corrected chi connectivity index (χ2v) is 8.48. The normalized spacial score (nSPS) is 41.4. The number of fused-ring (bicyclic) bond motifs is 2. The number of hydrogen-bond acceptors (Lipinski definition) is 3. The Hall–Kier alpha value is -1.32. The van der Waals surface area contributed by atoms with E-state index in [0.717, 1.165) is 25.7 Å². The van der Waals surface area contributed by atoms with Gasteiger partial charge in [-0.25, -0.2) is 0 Å². The minimum atomic E-state index is -0.853. The molecule has 7 atom stereocenters. The van der Waals surface area contributed by atoms with Crippen LogP contribution in [0.4, 0.5) is 0 Å². The number of rotatable bonds is 4. The lowest BCUT2D eigenvalue weighted by atomic mass is 9.62. The molecule has 0 spiro atoms. The summed E-state index contributed by atoms with van der Waals surface area (Å²) in [7, 11) is 0. The van der Waals surface area contributed by atoms with Crippen LogP contribution in [0.15, 0.2) is 12.2 Å². The van der Waals surface area contributed by atoms with E-state index in [9.17, 15) is 14.7 Å². The van der Waals surface area contributed by atoms with Crippen molar-refractivity contribution in [1.82, 2.24) is 0 Å². The SMILES string of the molecule is CC(C)[C@@H]1CC[C@@H](C)C[C@H]1OC(=O)[C@@H]1[C@@H](C(=O)O)[C@@H]2C=C[C@H]1CC2. The molecule has 0 aromatic heterocycles. The van der Waals surface area contributed by atoms with Crippen molar-refractivity contribution >= 4 is 11.9 Å². The summed E-state index contributed by atoms with van der Waals surface area (Å²) in [5, 5.41) is 9.63. The van der Waals surface area contributed by atoms with Crippen LogP contribution in [0.5, 0.6) is 0 Å². The van der Waals surface area contributed by atoms with Gasteiger partial charge in [0.15, 0.2) is 0 Å². The predicted molar refractivity (Wildman–Crippen MR) is 91.2 cm³/mol. The molecule has 2 bridgehead atoms. The molecular weight excluding hydrogens is 304 g/mol. The molecule has 4 rings (SSSR count). The van der Waals surface area contributed by atoms with Crippen LogP contribution in [0.1, 0.15) is 52.9 Å². The molecule has 134 valence electrons. The average Bonchev–Trinajstić information content (AvgIpc) is 2.54. The first-order valence-electron chi connectivity index (χ1n) is 9.50. The third kappa shape index (κ3) is 3.25. The summed E-state index contributed by atoms with van der Waals surface area (Å²) in [5.41, 5.74) is 0. The maximum Gasteiger partial charge on any atom is 0.310 e. The van der Waals surface area contributed by atoms with Gasteiger partial charge in [-0.05, 0) is 55.3 Å². The molecule has 4 heteroatoms. The number of carboxylic acids is 1. The zero-order valence-electron chi connectivity index (χ0n) is 15.0. The number of ether oxygens (including phenoxy) is 1. The number of esters is 1. The first kappa shape index (κ1) is 17.5. The van der Waals surface area contributed by atoms with Gasteiger partial charge in [0, 0.05) is 0 Å². The quantitative estimate of drug-likeness (QED) is 0.625. The fourth-order valence-electron chi connectivity index (χ4n) is 5.13. The predicted octanol–water partition coefficient (Wildman–Crippen LogP) is 3.90. The lowest BCUT2D eigenvalue weighted by molar-refractivity contribution is -0.173. The second kappa shape index (κ2) is 6.89.